The third kappa shape index (κ3) is 4.68. The molecule has 1 unspecified atom stereocenters. The molecular weight excluding hydrogens is 476 g/mol. The summed E-state index contributed by atoms with van der Waals surface area (Å²) in [4.78, 5) is 17.5. The fourth-order valence-corrected chi connectivity index (χ4v) is 4.37. The third-order valence-corrected chi connectivity index (χ3v) is 6.08. The smallest absolute Gasteiger partial charge is 0.416 e. The van der Waals surface area contributed by atoms with Crippen LogP contribution >= 0.6 is 0 Å². The van der Waals surface area contributed by atoms with Gasteiger partial charge in [-0.15, -0.1) is 0 Å². The lowest BCUT2D eigenvalue weighted by molar-refractivity contribution is -0.147. The first-order chi connectivity index (χ1) is 17.1. The van der Waals surface area contributed by atoms with Gasteiger partial charge in [0.15, 0.2) is 5.65 Å². The summed E-state index contributed by atoms with van der Waals surface area (Å²) in [6, 6.07) is 12.3. The number of halogens is 4. The average molecular weight is 500 g/mol. The minimum absolute atomic E-state index is 0.118. The zero-order valence-electron chi connectivity index (χ0n) is 19.9. The molecule has 188 valence electrons. The lowest BCUT2D eigenvalue weighted by Crippen LogP contribution is -2.38. The van der Waals surface area contributed by atoms with E-state index in [2.05, 4.69) is 15.4 Å². The van der Waals surface area contributed by atoms with E-state index in [0.717, 1.165) is 12.1 Å². The molecular formula is C26H24F4N4O2. The molecule has 2 aromatic carbocycles. The normalized spacial score (nSPS) is 13.5. The van der Waals surface area contributed by atoms with Crippen LogP contribution in [-0.2, 0) is 34.1 Å². The van der Waals surface area contributed by atoms with Gasteiger partial charge < -0.3 is 10.1 Å². The van der Waals surface area contributed by atoms with E-state index in [4.69, 9.17) is 4.74 Å². The van der Waals surface area contributed by atoms with Crippen LogP contribution in [0, 0.1) is 5.82 Å². The zero-order chi connectivity index (χ0) is 26.1. The maximum Gasteiger partial charge on any atom is 0.416 e. The Morgan fingerprint density at radius 2 is 1.83 bits per heavy atom. The number of nitrogens with zero attached hydrogens (tertiary/aromatic N) is 3. The number of hydrogen-bond donors (Lipinski definition) is 1. The van der Waals surface area contributed by atoms with Crippen LogP contribution in [0.2, 0.25) is 0 Å². The summed E-state index contributed by atoms with van der Waals surface area (Å²) in [5.41, 5.74) is 0.930. The summed E-state index contributed by atoms with van der Waals surface area (Å²) >= 11 is 0. The Labute approximate surface area is 204 Å². The minimum Gasteiger partial charge on any atom is -0.468 e. The predicted octanol–water partition coefficient (Wildman–Crippen LogP) is 4.95. The standard InChI is InChI=1S/C26H24F4N4O2/c1-25(24(35)36-3,14-16-5-4-6-19(27)13-16)21-11-12-32-23-22(20(15-31-2)33-34(21)23)17-7-9-18(10-8-17)26(28,29)30/h4-13,31H,14-15H2,1-3H3. The lowest BCUT2D eigenvalue weighted by Gasteiger charge is -2.27. The van der Waals surface area contributed by atoms with Crippen LogP contribution in [0.15, 0.2) is 60.8 Å². The molecule has 10 heteroatoms. The van der Waals surface area contributed by atoms with E-state index < -0.39 is 28.9 Å². The molecule has 4 aromatic rings. The Hall–Kier alpha value is -3.79. The number of hydrogen-bond acceptors (Lipinski definition) is 5. The van der Waals surface area contributed by atoms with E-state index in [1.165, 1.54) is 42.1 Å². The van der Waals surface area contributed by atoms with Gasteiger partial charge in [-0.3, -0.25) is 4.79 Å². The largest absolute Gasteiger partial charge is 0.468 e. The Bertz CT molecular complexity index is 1400. The number of esters is 1. The summed E-state index contributed by atoms with van der Waals surface area (Å²) in [6.45, 7) is 1.98. The van der Waals surface area contributed by atoms with Crippen LogP contribution in [0.25, 0.3) is 16.8 Å². The maximum absolute atomic E-state index is 13.9. The summed E-state index contributed by atoms with van der Waals surface area (Å²) in [5, 5.41) is 7.69. The van der Waals surface area contributed by atoms with Gasteiger partial charge in [0, 0.05) is 12.7 Å². The van der Waals surface area contributed by atoms with Crippen molar-refractivity contribution in [3.8, 4) is 11.1 Å². The van der Waals surface area contributed by atoms with Crippen molar-refractivity contribution < 1.29 is 27.1 Å². The molecule has 4 rings (SSSR count). The Morgan fingerprint density at radius 3 is 2.44 bits per heavy atom. The molecule has 2 aromatic heterocycles. The Balaban J connectivity index is 1.91. The molecule has 0 fully saturated rings. The molecule has 0 amide bonds. The van der Waals surface area contributed by atoms with Gasteiger partial charge in [0.25, 0.3) is 0 Å². The van der Waals surface area contributed by atoms with Crippen LogP contribution in [0.5, 0.6) is 0 Å². The monoisotopic (exact) mass is 500 g/mol. The summed E-state index contributed by atoms with van der Waals surface area (Å²) in [7, 11) is 2.99. The number of carbonyl (C=O) groups excluding carboxylic acids is 1. The first-order valence-corrected chi connectivity index (χ1v) is 11.1. The number of alkyl halides is 3. The van der Waals surface area contributed by atoms with E-state index in [-0.39, 0.29) is 6.42 Å². The van der Waals surface area contributed by atoms with Gasteiger partial charge in [-0.05, 0) is 61.9 Å². The lowest BCUT2D eigenvalue weighted by atomic mass is 9.80. The van der Waals surface area contributed by atoms with Crippen molar-refractivity contribution in [1.29, 1.82) is 0 Å². The van der Waals surface area contributed by atoms with Crippen molar-refractivity contribution in [3.05, 3.63) is 89.1 Å². The molecule has 0 saturated heterocycles. The molecule has 0 aliphatic heterocycles. The zero-order valence-corrected chi connectivity index (χ0v) is 19.9. The topological polar surface area (TPSA) is 68.5 Å². The highest BCUT2D eigenvalue weighted by Crippen LogP contribution is 2.36. The first kappa shape index (κ1) is 25.3. The molecule has 0 saturated carbocycles. The second kappa shape index (κ2) is 9.69. The van der Waals surface area contributed by atoms with Gasteiger partial charge in [-0.25, -0.2) is 13.9 Å². The highest BCUT2D eigenvalue weighted by Gasteiger charge is 2.40. The minimum atomic E-state index is -4.46. The maximum atomic E-state index is 13.9. The number of ether oxygens (including phenoxy) is 1. The van der Waals surface area contributed by atoms with Crippen molar-refractivity contribution >= 4 is 11.6 Å². The molecule has 0 radical (unpaired) electrons. The molecule has 0 bridgehead atoms. The molecule has 2 heterocycles. The van der Waals surface area contributed by atoms with Gasteiger partial charge in [0.05, 0.1) is 29.6 Å². The van der Waals surface area contributed by atoms with E-state index in [9.17, 15) is 22.4 Å². The summed E-state index contributed by atoms with van der Waals surface area (Å²) in [5.74, 6) is -0.986. The van der Waals surface area contributed by atoms with Crippen molar-refractivity contribution in [2.24, 2.45) is 0 Å². The highest BCUT2D eigenvalue weighted by atomic mass is 19.4. The second-order valence-electron chi connectivity index (χ2n) is 8.62. The number of rotatable bonds is 7. The number of aromatic nitrogens is 3. The molecule has 1 N–H and O–H groups in total. The van der Waals surface area contributed by atoms with Gasteiger partial charge in [0.2, 0.25) is 0 Å². The van der Waals surface area contributed by atoms with Gasteiger partial charge in [-0.2, -0.15) is 18.3 Å². The quantitative estimate of drug-likeness (QED) is 0.287. The van der Waals surface area contributed by atoms with E-state index in [1.54, 1.807) is 32.2 Å². The molecule has 0 spiro atoms. The molecule has 36 heavy (non-hydrogen) atoms. The van der Waals surface area contributed by atoms with E-state index in [0.29, 0.717) is 40.3 Å². The predicted molar refractivity (Wildman–Crippen MR) is 126 cm³/mol. The summed E-state index contributed by atoms with van der Waals surface area (Å²) in [6.07, 6.45) is -2.83. The summed E-state index contributed by atoms with van der Waals surface area (Å²) < 4.78 is 59.8. The second-order valence-corrected chi connectivity index (χ2v) is 8.62. The highest BCUT2D eigenvalue weighted by molar-refractivity contribution is 5.84. The number of nitrogens with one attached hydrogen (secondary N) is 1. The number of carbonyl (C=O) groups is 1. The molecule has 0 aliphatic carbocycles. The Morgan fingerprint density at radius 1 is 1.11 bits per heavy atom. The van der Waals surface area contributed by atoms with Gasteiger partial charge in [0.1, 0.15) is 11.2 Å². The Kier molecular flexibility index (Phi) is 6.81. The van der Waals surface area contributed by atoms with Crippen molar-refractivity contribution in [3.63, 3.8) is 0 Å². The van der Waals surface area contributed by atoms with Crippen LogP contribution in [-0.4, -0.2) is 34.7 Å². The SMILES string of the molecule is CNCc1nn2c(C(C)(Cc3cccc(F)c3)C(=O)OC)ccnc2c1-c1ccc(C(F)(F)F)cc1. The third-order valence-electron chi connectivity index (χ3n) is 6.08. The molecule has 6 nitrogen and oxygen atoms in total. The average Bonchev–Trinajstić information content (AvgIpc) is 3.21. The van der Waals surface area contributed by atoms with E-state index >= 15 is 0 Å². The van der Waals surface area contributed by atoms with Crippen LogP contribution < -0.4 is 5.32 Å². The van der Waals surface area contributed by atoms with Gasteiger partial charge >= 0.3 is 12.1 Å². The number of benzene rings is 2. The van der Waals surface area contributed by atoms with Crippen molar-refractivity contribution in [1.82, 2.24) is 19.9 Å². The van der Waals surface area contributed by atoms with Crippen molar-refractivity contribution in [2.45, 2.75) is 31.5 Å². The van der Waals surface area contributed by atoms with E-state index in [1.807, 2.05) is 0 Å². The van der Waals surface area contributed by atoms with Crippen LogP contribution in [0.1, 0.15) is 29.4 Å². The van der Waals surface area contributed by atoms with Gasteiger partial charge in [-0.1, -0.05) is 24.3 Å². The molecule has 0 aliphatic rings. The number of methoxy groups -OCH3 is 1. The fourth-order valence-electron chi connectivity index (χ4n) is 4.37. The van der Waals surface area contributed by atoms with Crippen molar-refractivity contribution in [2.75, 3.05) is 14.2 Å². The first-order valence-electron chi connectivity index (χ1n) is 11.1. The van der Waals surface area contributed by atoms with Crippen LogP contribution in [0.3, 0.4) is 0 Å². The molecule has 1 atom stereocenters. The fraction of sp³-hybridized carbons (Fsp3) is 0.269. The number of fused-ring (bicyclic) bond motifs is 1. The van der Waals surface area contributed by atoms with Crippen LogP contribution in [0.4, 0.5) is 17.6 Å².